The summed E-state index contributed by atoms with van der Waals surface area (Å²) in [5.41, 5.74) is 6.19. The Labute approximate surface area is 197 Å². The molecule has 34 heavy (non-hydrogen) atoms. The molecule has 1 saturated heterocycles. The molecule has 174 valence electrons. The Kier molecular flexibility index (Phi) is 5.48. The van der Waals surface area contributed by atoms with Gasteiger partial charge in [0.15, 0.2) is 28.2 Å². The molecule has 4 aromatic rings. The molecular formula is C22H20N6O5S. The number of aliphatic hydroxyl groups excluding tert-OH is 1. The van der Waals surface area contributed by atoms with Crippen LogP contribution < -0.4 is 16.0 Å². The third-order valence-corrected chi connectivity index (χ3v) is 6.49. The third-order valence-electron chi connectivity index (χ3n) is 5.62. The highest BCUT2D eigenvalue weighted by Crippen LogP contribution is 2.33. The van der Waals surface area contributed by atoms with E-state index >= 15 is 0 Å². The first kappa shape index (κ1) is 21.9. The summed E-state index contributed by atoms with van der Waals surface area (Å²) >= 11 is 1.29. The molecule has 2 atom stereocenters. The molecule has 0 bridgehead atoms. The van der Waals surface area contributed by atoms with Gasteiger partial charge in [0, 0.05) is 35.1 Å². The van der Waals surface area contributed by atoms with Gasteiger partial charge in [-0.25, -0.2) is 4.98 Å². The average molecular weight is 481 g/mol. The summed E-state index contributed by atoms with van der Waals surface area (Å²) in [6.45, 7) is 1.76. The number of nitrogens with one attached hydrogen (secondary N) is 1. The lowest BCUT2D eigenvalue weighted by Gasteiger charge is -2.40. The second-order valence-electron chi connectivity index (χ2n) is 7.83. The summed E-state index contributed by atoms with van der Waals surface area (Å²) in [5.74, 6) is -1.13. The minimum absolute atomic E-state index is 0.125. The van der Waals surface area contributed by atoms with Crippen LogP contribution in [0.3, 0.4) is 0 Å². The van der Waals surface area contributed by atoms with Gasteiger partial charge in [-0.2, -0.15) is 0 Å². The maximum absolute atomic E-state index is 13.3. The van der Waals surface area contributed by atoms with E-state index in [1.165, 1.54) is 29.2 Å². The van der Waals surface area contributed by atoms with Crippen LogP contribution in [0.5, 0.6) is 0 Å². The molecule has 0 spiro atoms. The van der Waals surface area contributed by atoms with E-state index in [0.717, 1.165) is 5.56 Å². The van der Waals surface area contributed by atoms with E-state index in [0.29, 0.717) is 27.5 Å². The molecule has 4 N–H and O–H groups in total. The van der Waals surface area contributed by atoms with Crippen molar-refractivity contribution in [3.8, 4) is 11.3 Å². The first-order valence-electron chi connectivity index (χ1n) is 10.3. The number of hydrogen-bond donors (Lipinski definition) is 3. The lowest BCUT2D eigenvalue weighted by molar-refractivity contribution is -0.170. The number of benzene rings is 1. The SMILES string of the molecule is C[C@]1([C@@H](O)C(=O)Nc2ccc3c(N)noc3c2)OCCN(c2nc(-c3ccncc3)cs2)C1=O. The Morgan fingerprint density at radius 3 is 2.91 bits per heavy atom. The van der Waals surface area contributed by atoms with E-state index in [1.54, 1.807) is 24.5 Å². The van der Waals surface area contributed by atoms with Crippen molar-refractivity contribution in [1.82, 2.24) is 15.1 Å². The van der Waals surface area contributed by atoms with Crippen molar-refractivity contribution >= 4 is 50.8 Å². The van der Waals surface area contributed by atoms with Crippen LogP contribution in [0.1, 0.15) is 6.92 Å². The quantitative estimate of drug-likeness (QED) is 0.389. The summed E-state index contributed by atoms with van der Waals surface area (Å²) in [5, 5.41) is 20.0. The standard InChI is InChI=1S/C22H20N6O5S/c1-22(17(29)19(30)25-13-2-3-14-16(10-13)33-27-18(14)23)20(31)28(8-9-32-22)21-26-15(11-34-21)12-4-6-24-7-5-12/h2-7,10-11,17,29H,8-9H2,1H3,(H2,23,27)(H,25,30)/t17-,22+/m0/s1. The molecule has 12 heteroatoms. The number of ether oxygens (including phenoxy) is 1. The number of thiazole rings is 1. The third kappa shape index (κ3) is 3.77. The summed E-state index contributed by atoms with van der Waals surface area (Å²) in [4.78, 5) is 36.2. The number of nitrogens with zero attached hydrogens (tertiary/aromatic N) is 4. The molecule has 11 nitrogen and oxygen atoms in total. The fourth-order valence-corrected chi connectivity index (χ4v) is 4.56. The van der Waals surface area contributed by atoms with E-state index in [9.17, 15) is 14.7 Å². The van der Waals surface area contributed by atoms with Gasteiger partial charge < -0.3 is 25.4 Å². The molecule has 1 aromatic carbocycles. The van der Waals surface area contributed by atoms with Crippen molar-refractivity contribution in [1.29, 1.82) is 0 Å². The summed E-state index contributed by atoms with van der Waals surface area (Å²) < 4.78 is 10.7. The van der Waals surface area contributed by atoms with Crippen molar-refractivity contribution < 1.29 is 24.0 Å². The van der Waals surface area contributed by atoms with E-state index in [4.69, 9.17) is 15.0 Å². The average Bonchev–Trinajstić information content (AvgIpc) is 3.48. The molecule has 2 amide bonds. The highest BCUT2D eigenvalue weighted by molar-refractivity contribution is 7.14. The molecule has 1 fully saturated rings. The first-order chi connectivity index (χ1) is 16.4. The molecular weight excluding hydrogens is 460 g/mol. The van der Waals surface area contributed by atoms with E-state index < -0.39 is 23.5 Å². The number of aromatic nitrogens is 3. The van der Waals surface area contributed by atoms with Crippen LogP contribution >= 0.6 is 11.3 Å². The van der Waals surface area contributed by atoms with Gasteiger partial charge in [0.25, 0.3) is 11.8 Å². The maximum Gasteiger partial charge on any atom is 0.264 e. The number of pyridine rings is 1. The monoisotopic (exact) mass is 480 g/mol. The zero-order valence-corrected chi connectivity index (χ0v) is 18.8. The smallest absolute Gasteiger partial charge is 0.264 e. The molecule has 0 aliphatic carbocycles. The molecule has 0 saturated carbocycles. The lowest BCUT2D eigenvalue weighted by atomic mass is 9.94. The number of carbonyl (C=O) groups is 2. The minimum Gasteiger partial charge on any atom is -0.380 e. The van der Waals surface area contributed by atoms with Gasteiger partial charge in [-0.05, 0) is 31.2 Å². The van der Waals surface area contributed by atoms with E-state index in [1.807, 2.05) is 17.5 Å². The maximum atomic E-state index is 13.3. The Bertz CT molecular complexity index is 1370. The van der Waals surface area contributed by atoms with Crippen molar-refractivity contribution in [3.05, 3.63) is 48.1 Å². The predicted octanol–water partition coefficient (Wildman–Crippen LogP) is 2.05. The van der Waals surface area contributed by atoms with E-state index in [2.05, 4.69) is 20.4 Å². The highest BCUT2D eigenvalue weighted by Gasteiger charge is 2.51. The molecule has 4 heterocycles. The summed E-state index contributed by atoms with van der Waals surface area (Å²) in [6.07, 6.45) is 1.54. The van der Waals surface area contributed by atoms with Crippen molar-refractivity contribution in [3.63, 3.8) is 0 Å². The highest BCUT2D eigenvalue weighted by atomic mass is 32.1. The van der Waals surface area contributed by atoms with Crippen LogP contribution in [0.25, 0.3) is 22.2 Å². The molecule has 3 aromatic heterocycles. The Hall–Kier alpha value is -3.87. The largest absolute Gasteiger partial charge is 0.380 e. The molecule has 0 unspecified atom stereocenters. The number of morpholine rings is 1. The number of anilines is 3. The van der Waals surface area contributed by atoms with Gasteiger partial charge in [0.1, 0.15) is 0 Å². The Morgan fingerprint density at radius 1 is 1.32 bits per heavy atom. The van der Waals surface area contributed by atoms with Gasteiger partial charge in [0.05, 0.1) is 24.2 Å². The number of nitrogen functional groups attached to an aromatic ring is 1. The van der Waals surface area contributed by atoms with Gasteiger partial charge in [-0.3, -0.25) is 19.5 Å². The van der Waals surface area contributed by atoms with Gasteiger partial charge in [-0.15, -0.1) is 11.3 Å². The van der Waals surface area contributed by atoms with Crippen molar-refractivity contribution in [2.24, 2.45) is 0 Å². The topological polar surface area (TPSA) is 157 Å². The number of fused-ring (bicyclic) bond motifs is 1. The van der Waals surface area contributed by atoms with Crippen LogP contribution in [0.2, 0.25) is 0 Å². The Morgan fingerprint density at radius 2 is 2.12 bits per heavy atom. The molecule has 0 radical (unpaired) electrons. The minimum atomic E-state index is -1.80. The number of hydrogen-bond acceptors (Lipinski definition) is 10. The van der Waals surface area contributed by atoms with Crippen LogP contribution in [0, 0.1) is 0 Å². The second kappa shape index (κ2) is 8.48. The van der Waals surface area contributed by atoms with Crippen LogP contribution in [0.15, 0.2) is 52.6 Å². The Balaban J connectivity index is 1.34. The van der Waals surface area contributed by atoms with Gasteiger partial charge in [-0.1, -0.05) is 5.16 Å². The molecule has 1 aliphatic heterocycles. The number of aliphatic hydroxyl groups is 1. The van der Waals surface area contributed by atoms with Gasteiger partial charge >= 0.3 is 0 Å². The van der Waals surface area contributed by atoms with Gasteiger partial charge in [0.2, 0.25) is 0 Å². The fourth-order valence-electron chi connectivity index (χ4n) is 3.70. The molecule has 5 rings (SSSR count). The van der Waals surface area contributed by atoms with Crippen LogP contribution in [0.4, 0.5) is 16.6 Å². The van der Waals surface area contributed by atoms with Crippen molar-refractivity contribution in [2.45, 2.75) is 18.6 Å². The number of carbonyl (C=O) groups excluding carboxylic acids is 2. The second-order valence-corrected chi connectivity index (χ2v) is 8.67. The first-order valence-corrected chi connectivity index (χ1v) is 11.2. The number of amides is 2. The van der Waals surface area contributed by atoms with Crippen molar-refractivity contribution in [2.75, 3.05) is 29.1 Å². The summed E-state index contributed by atoms with van der Waals surface area (Å²) in [6, 6.07) is 8.40. The summed E-state index contributed by atoms with van der Waals surface area (Å²) in [7, 11) is 0. The van der Waals surface area contributed by atoms with E-state index in [-0.39, 0.29) is 19.0 Å². The zero-order valence-electron chi connectivity index (χ0n) is 18.0. The van der Waals surface area contributed by atoms with Crippen LogP contribution in [-0.4, -0.2) is 56.9 Å². The number of rotatable bonds is 5. The number of nitrogens with two attached hydrogens (primary N) is 1. The molecule has 1 aliphatic rings. The fraction of sp³-hybridized carbons (Fsp3) is 0.227. The zero-order chi connectivity index (χ0) is 23.9. The lowest BCUT2D eigenvalue weighted by Crippen LogP contribution is -2.63. The predicted molar refractivity (Wildman–Crippen MR) is 125 cm³/mol. The normalized spacial score (nSPS) is 19.4. The van der Waals surface area contributed by atoms with Crippen LogP contribution in [-0.2, 0) is 14.3 Å².